The van der Waals surface area contributed by atoms with Crippen LogP contribution in [-0.4, -0.2) is 67.6 Å². The predicted octanol–water partition coefficient (Wildman–Crippen LogP) is 2.49. The lowest BCUT2D eigenvalue weighted by Crippen LogP contribution is -2.47. The fourth-order valence-electron chi connectivity index (χ4n) is 3.84. The first-order chi connectivity index (χ1) is 13.3. The minimum absolute atomic E-state index is 0.00136. The number of ether oxygens (including phenoxy) is 1. The number of nitrogens with one attached hydrogen (secondary N) is 1. The van der Waals surface area contributed by atoms with Crippen LogP contribution in [0.3, 0.4) is 0 Å². The average molecular weight is 388 g/mol. The molecule has 0 radical (unpaired) electrons. The van der Waals surface area contributed by atoms with E-state index < -0.39 is 0 Å². The average Bonchev–Trinajstić information content (AvgIpc) is 2.68. The minimum atomic E-state index is 0.00136. The molecule has 1 N–H and O–H groups in total. The number of hydrogen-bond donors (Lipinski definition) is 1. The Kier molecular flexibility index (Phi) is 6.73. The van der Waals surface area contributed by atoms with Gasteiger partial charge in [0.2, 0.25) is 11.8 Å². The summed E-state index contributed by atoms with van der Waals surface area (Å²) in [7, 11) is 0. The molecule has 2 aliphatic heterocycles. The molecule has 154 valence electrons. The first kappa shape index (κ1) is 20.8. The lowest BCUT2D eigenvalue weighted by Gasteiger charge is -2.35. The van der Waals surface area contributed by atoms with Crippen molar-refractivity contribution in [3.8, 4) is 0 Å². The highest BCUT2D eigenvalue weighted by molar-refractivity contribution is 5.92. The highest BCUT2D eigenvalue weighted by Gasteiger charge is 2.29. The molecule has 0 aromatic heterocycles. The van der Waals surface area contributed by atoms with E-state index in [0.29, 0.717) is 32.8 Å². The first-order valence-corrected chi connectivity index (χ1v) is 10.3. The molecule has 2 aliphatic rings. The number of likely N-dealkylation sites (tertiary alicyclic amines) is 1. The van der Waals surface area contributed by atoms with E-state index in [9.17, 15) is 9.59 Å². The van der Waals surface area contributed by atoms with Crippen molar-refractivity contribution in [2.75, 3.05) is 51.3 Å². The molecule has 6 nitrogen and oxygen atoms in total. The van der Waals surface area contributed by atoms with Crippen LogP contribution in [0.25, 0.3) is 0 Å². The molecule has 3 rings (SSSR count). The van der Waals surface area contributed by atoms with Crippen molar-refractivity contribution in [3.05, 3.63) is 29.8 Å². The Balaban J connectivity index is 1.43. The minimum Gasteiger partial charge on any atom is -0.378 e. The van der Waals surface area contributed by atoms with Crippen LogP contribution in [0.4, 0.5) is 5.69 Å². The molecule has 2 amide bonds. The first-order valence-electron chi connectivity index (χ1n) is 10.3. The van der Waals surface area contributed by atoms with E-state index in [1.54, 1.807) is 0 Å². The lowest BCUT2D eigenvalue weighted by molar-refractivity contribution is -0.141. The Bertz CT molecular complexity index is 667. The van der Waals surface area contributed by atoms with Gasteiger partial charge >= 0.3 is 0 Å². The summed E-state index contributed by atoms with van der Waals surface area (Å²) in [5.74, 6) is 0.343. The highest BCUT2D eigenvalue weighted by Crippen LogP contribution is 2.24. The third-order valence-electron chi connectivity index (χ3n) is 5.66. The number of nitrogens with zero attached hydrogens (tertiary/aromatic N) is 2. The van der Waals surface area contributed by atoms with Gasteiger partial charge in [0.05, 0.1) is 19.8 Å². The third-order valence-corrected chi connectivity index (χ3v) is 5.66. The fourth-order valence-corrected chi connectivity index (χ4v) is 3.84. The van der Waals surface area contributed by atoms with Gasteiger partial charge in [-0.05, 0) is 49.0 Å². The van der Waals surface area contributed by atoms with Crippen LogP contribution in [0.5, 0.6) is 0 Å². The summed E-state index contributed by atoms with van der Waals surface area (Å²) in [6.07, 6.45) is 1.65. The monoisotopic (exact) mass is 387 g/mol. The largest absolute Gasteiger partial charge is 0.378 e. The zero-order valence-electron chi connectivity index (χ0n) is 17.4. The van der Waals surface area contributed by atoms with Crippen molar-refractivity contribution >= 4 is 17.5 Å². The molecular weight excluding hydrogens is 354 g/mol. The fraction of sp³-hybridized carbons (Fsp3) is 0.636. The molecule has 0 bridgehead atoms. The number of amides is 2. The maximum atomic E-state index is 12.6. The number of anilines is 1. The van der Waals surface area contributed by atoms with Gasteiger partial charge < -0.3 is 15.0 Å². The quantitative estimate of drug-likeness (QED) is 0.862. The van der Waals surface area contributed by atoms with Crippen LogP contribution in [0.15, 0.2) is 24.3 Å². The van der Waals surface area contributed by atoms with Gasteiger partial charge in [0, 0.05) is 24.7 Å². The number of rotatable bonds is 4. The summed E-state index contributed by atoms with van der Waals surface area (Å²) in [6, 6.07) is 8.06. The number of benzene rings is 1. The van der Waals surface area contributed by atoms with E-state index >= 15 is 0 Å². The normalized spacial score (nSPS) is 19.5. The van der Waals surface area contributed by atoms with Crippen molar-refractivity contribution in [1.82, 2.24) is 9.80 Å². The van der Waals surface area contributed by atoms with Crippen LogP contribution < -0.4 is 5.32 Å². The van der Waals surface area contributed by atoms with Crippen LogP contribution in [0.1, 0.15) is 39.2 Å². The Labute approximate surface area is 168 Å². The molecule has 2 fully saturated rings. The molecule has 2 saturated heterocycles. The zero-order valence-corrected chi connectivity index (χ0v) is 17.4. The van der Waals surface area contributed by atoms with Gasteiger partial charge in [0.15, 0.2) is 0 Å². The predicted molar refractivity (Wildman–Crippen MR) is 110 cm³/mol. The zero-order chi connectivity index (χ0) is 20.1. The van der Waals surface area contributed by atoms with Gasteiger partial charge in [0.1, 0.15) is 0 Å². The third kappa shape index (κ3) is 5.55. The Morgan fingerprint density at radius 3 is 2.21 bits per heavy atom. The van der Waals surface area contributed by atoms with Gasteiger partial charge in [-0.15, -0.1) is 0 Å². The number of carbonyl (C=O) groups excluding carboxylic acids is 2. The maximum Gasteiger partial charge on any atom is 0.238 e. The van der Waals surface area contributed by atoms with Crippen LogP contribution in [0.2, 0.25) is 0 Å². The highest BCUT2D eigenvalue weighted by atomic mass is 16.5. The van der Waals surface area contributed by atoms with E-state index in [1.807, 2.05) is 17.0 Å². The Hall–Kier alpha value is -1.92. The summed E-state index contributed by atoms with van der Waals surface area (Å²) in [6.45, 7) is 11.2. The second kappa shape index (κ2) is 9.05. The molecule has 0 unspecified atom stereocenters. The molecule has 1 aromatic carbocycles. The smallest absolute Gasteiger partial charge is 0.238 e. The summed E-state index contributed by atoms with van der Waals surface area (Å²) >= 11 is 0. The second-order valence-electron chi connectivity index (χ2n) is 8.86. The molecule has 2 heterocycles. The van der Waals surface area contributed by atoms with Gasteiger partial charge in [-0.3, -0.25) is 14.5 Å². The van der Waals surface area contributed by atoms with Crippen molar-refractivity contribution in [1.29, 1.82) is 0 Å². The van der Waals surface area contributed by atoms with E-state index in [-0.39, 0.29) is 23.1 Å². The summed E-state index contributed by atoms with van der Waals surface area (Å²) in [5, 5.41) is 2.98. The van der Waals surface area contributed by atoms with Gasteiger partial charge in [-0.25, -0.2) is 0 Å². The van der Waals surface area contributed by atoms with Crippen LogP contribution in [-0.2, 0) is 19.7 Å². The van der Waals surface area contributed by atoms with Crippen molar-refractivity contribution < 1.29 is 14.3 Å². The second-order valence-corrected chi connectivity index (χ2v) is 8.86. The Morgan fingerprint density at radius 2 is 1.64 bits per heavy atom. The number of hydrogen-bond acceptors (Lipinski definition) is 4. The number of morpholine rings is 1. The van der Waals surface area contributed by atoms with Crippen LogP contribution >= 0.6 is 0 Å². The molecule has 6 heteroatoms. The molecule has 0 aliphatic carbocycles. The lowest BCUT2D eigenvalue weighted by atomic mass is 9.87. The summed E-state index contributed by atoms with van der Waals surface area (Å²) in [5.41, 5.74) is 2.18. The van der Waals surface area contributed by atoms with Crippen molar-refractivity contribution in [3.63, 3.8) is 0 Å². The molecule has 1 aromatic rings. The van der Waals surface area contributed by atoms with Crippen LogP contribution in [0, 0.1) is 5.92 Å². The number of piperidine rings is 1. The van der Waals surface area contributed by atoms with Gasteiger partial charge in [-0.2, -0.15) is 0 Å². The molecule has 0 saturated carbocycles. The van der Waals surface area contributed by atoms with Gasteiger partial charge in [-0.1, -0.05) is 32.9 Å². The topological polar surface area (TPSA) is 61.9 Å². The van der Waals surface area contributed by atoms with Crippen molar-refractivity contribution in [2.24, 2.45) is 5.92 Å². The standard InChI is InChI=1S/C22H33N3O3/c1-22(2,3)18-4-6-19(7-5-18)23-20(26)16-24-10-8-17(9-11-24)21(27)25-12-14-28-15-13-25/h4-7,17H,8-16H2,1-3H3,(H,23,26). The van der Waals surface area contributed by atoms with E-state index in [1.165, 1.54) is 5.56 Å². The van der Waals surface area contributed by atoms with E-state index in [4.69, 9.17) is 4.74 Å². The summed E-state index contributed by atoms with van der Waals surface area (Å²) < 4.78 is 5.32. The SMILES string of the molecule is CC(C)(C)c1ccc(NC(=O)CN2CCC(C(=O)N3CCOCC3)CC2)cc1. The number of carbonyl (C=O) groups is 2. The maximum absolute atomic E-state index is 12.6. The molecular formula is C22H33N3O3. The molecule has 28 heavy (non-hydrogen) atoms. The van der Waals surface area contributed by atoms with E-state index in [0.717, 1.165) is 31.6 Å². The van der Waals surface area contributed by atoms with Gasteiger partial charge in [0.25, 0.3) is 0 Å². The summed E-state index contributed by atoms with van der Waals surface area (Å²) in [4.78, 5) is 29.0. The Morgan fingerprint density at radius 1 is 1.04 bits per heavy atom. The van der Waals surface area contributed by atoms with E-state index in [2.05, 4.69) is 43.1 Å². The molecule has 0 spiro atoms. The molecule has 0 atom stereocenters. The van der Waals surface area contributed by atoms with Crippen molar-refractivity contribution in [2.45, 2.75) is 39.0 Å².